The maximum Gasteiger partial charge on any atom is 0.257 e. The van der Waals surface area contributed by atoms with Gasteiger partial charge in [-0.3, -0.25) is 14.6 Å². The first-order chi connectivity index (χ1) is 15.5. The van der Waals surface area contributed by atoms with Crippen LogP contribution in [-0.2, 0) is 11.2 Å². The highest BCUT2D eigenvalue weighted by Gasteiger charge is 2.45. The predicted octanol–water partition coefficient (Wildman–Crippen LogP) is 3.71. The Hall–Kier alpha value is -3.67. The quantitative estimate of drug-likeness (QED) is 0.620. The van der Waals surface area contributed by atoms with E-state index >= 15 is 0 Å². The summed E-state index contributed by atoms with van der Waals surface area (Å²) in [5.41, 5.74) is 8.64. The number of primary amides is 1. The minimum atomic E-state index is -0.825. The third kappa shape index (κ3) is 4.21. The Morgan fingerprint density at radius 2 is 1.88 bits per heavy atom. The van der Waals surface area contributed by atoms with E-state index in [9.17, 15) is 9.59 Å². The van der Waals surface area contributed by atoms with E-state index in [4.69, 9.17) is 10.5 Å². The van der Waals surface area contributed by atoms with Crippen LogP contribution in [0.15, 0.2) is 73.1 Å². The van der Waals surface area contributed by atoms with Crippen LogP contribution in [0, 0.1) is 5.41 Å². The molecular weight excluding hydrogens is 402 g/mol. The molecule has 0 unspecified atom stereocenters. The molecule has 1 aliphatic rings. The number of para-hydroxylation sites is 1. The Kier molecular flexibility index (Phi) is 6.21. The molecule has 0 spiro atoms. The van der Waals surface area contributed by atoms with Gasteiger partial charge in [0.05, 0.1) is 17.6 Å². The summed E-state index contributed by atoms with van der Waals surface area (Å²) in [6.07, 6.45) is 4.53. The normalized spacial score (nSPS) is 17.8. The molecule has 2 N–H and O–H groups in total. The first-order valence-corrected chi connectivity index (χ1v) is 10.8. The van der Waals surface area contributed by atoms with Gasteiger partial charge in [0.1, 0.15) is 5.75 Å². The van der Waals surface area contributed by atoms with Gasteiger partial charge in [-0.25, -0.2) is 0 Å². The smallest absolute Gasteiger partial charge is 0.257 e. The average Bonchev–Trinajstić information content (AvgIpc) is 3.26. The SMILES string of the molecule is CCOc1ccccc1C(=O)N1CC[C@](Cc2ccccc2-c2cccnc2)(C(N)=O)C1. The van der Waals surface area contributed by atoms with Crippen molar-refractivity contribution in [3.8, 4) is 16.9 Å². The van der Waals surface area contributed by atoms with Gasteiger partial charge in [-0.05, 0) is 49.1 Å². The number of hydrogen-bond acceptors (Lipinski definition) is 4. The number of nitrogens with two attached hydrogens (primary N) is 1. The summed E-state index contributed by atoms with van der Waals surface area (Å²) in [6.45, 7) is 3.11. The van der Waals surface area contributed by atoms with Gasteiger partial charge in [0, 0.05) is 31.0 Å². The van der Waals surface area contributed by atoms with E-state index in [1.165, 1.54) is 0 Å². The van der Waals surface area contributed by atoms with E-state index in [0.29, 0.717) is 37.3 Å². The standard InChI is InChI=1S/C26H27N3O3/c1-2-32-23-12-6-5-11-22(23)24(30)29-15-13-26(18-29,25(27)31)16-19-8-3-4-10-21(19)20-9-7-14-28-17-20/h3-12,14,17H,2,13,15-16,18H2,1H3,(H2,27,31)/t26-/m1/s1. The molecule has 4 rings (SSSR count). The average molecular weight is 430 g/mol. The molecule has 6 nitrogen and oxygen atoms in total. The number of carbonyl (C=O) groups is 2. The molecule has 1 atom stereocenters. The van der Waals surface area contributed by atoms with Gasteiger partial charge < -0.3 is 15.4 Å². The monoisotopic (exact) mass is 429 g/mol. The minimum Gasteiger partial charge on any atom is -0.493 e. The molecule has 1 aliphatic heterocycles. The zero-order valence-corrected chi connectivity index (χ0v) is 18.2. The molecule has 1 aromatic heterocycles. The molecule has 6 heteroatoms. The number of hydrogen-bond donors (Lipinski definition) is 1. The number of likely N-dealkylation sites (tertiary alicyclic amines) is 1. The van der Waals surface area contributed by atoms with Crippen LogP contribution in [-0.4, -0.2) is 41.4 Å². The van der Waals surface area contributed by atoms with Crippen LogP contribution >= 0.6 is 0 Å². The summed E-state index contributed by atoms with van der Waals surface area (Å²) in [7, 11) is 0. The number of nitrogens with zero attached hydrogens (tertiary/aromatic N) is 2. The number of ether oxygens (including phenoxy) is 1. The van der Waals surface area contributed by atoms with E-state index in [2.05, 4.69) is 4.98 Å². The van der Waals surface area contributed by atoms with Crippen LogP contribution in [0.1, 0.15) is 29.3 Å². The zero-order valence-electron chi connectivity index (χ0n) is 18.2. The molecule has 2 aromatic carbocycles. The van der Waals surface area contributed by atoms with E-state index in [-0.39, 0.29) is 18.4 Å². The van der Waals surface area contributed by atoms with Crippen LogP contribution < -0.4 is 10.5 Å². The third-order valence-electron chi connectivity index (χ3n) is 6.10. The molecular formula is C26H27N3O3. The highest BCUT2D eigenvalue weighted by atomic mass is 16.5. The Balaban J connectivity index is 1.61. The fourth-order valence-corrected chi connectivity index (χ4v) is 4.42. The van der Waals surface area contributed by atoms with Gasteiger partial charge in [0.2, 0.25) is 5.91 Å². The molecule has 2 heterocycles. The fraction of sp³-hybridized carbons (Fsp3) is 0.269. The van der Waals surface area contributed by atoms with Crippen molar-refractivity contribution < 1.29 is 14.3 Å². The van der Waals surface area contributed by atoms with Crippen molar-refractivity contribution in [3.63, 3.8) is 0 Å². The van der Waals surface area contributed by atoms with Gasteiger partial charge in [-0.15, -0.1) is 0 Å². The summed E-state index contributed by atoms with van der Waals surface area (Å²) in [5.74, 6) is 0.0306. The summed E-state index contributed by atoms with van der Waals surface area (Å²) >= 11 is 0. The van der Waals surface area contributed by atoms with Crippen molar-refractivity contribution in [2.45, 2.75) is 19.8 Å². The van der Waals surface area contributed by atoms with E-state index in [0.717, 1.165) is 16.7 Å². The number of rotatable bonds is 7. The topological polar surface area (TPSA) is 85.5 Å². The van der Waals surface area contributed by atoms with Crippen molar-refractivity contribution in [1.82, 2.24) is 9.88 Å². The molecule has 2 amide bonds. The minimum absolute atomic E-state index is 0.141. The lowest BCUT2D eigenvalue weighted by Gasteiger charge is -2.27. The maximum atomic E-state index is 13.3. The Morgan fingerprint density at radius 3 is 2.62 bits per heavy atom. The second-order valence-corrected chi connectivity index (χ2v) is 8.13. The summed E-state index contributed by atoms with van der Waals surface area (Å²) < 4.78 is 5.63. The van der Waals surface area contributed by atoms with Crippen LogP contribution in [0.3, 0.4) is 0 Å². The first kappa shape index (κ1) is 21.6. The second kappa shape index (κ2) is 9.22. The summed E-state index contributed by atoms with van der Waals surface area (Å²) in [5, 5.41) is 0. The molecule has 0 aliphatic carbocycles. The van der Waals surface area contributed by atoms with E-state index < -0.39 is 5.41 Å². The van der Waals surface area contributed by atoms with E-state index in [1.54, 1.807) is 23.2 Å². The molecule has 1 saturated heterocycles. The molecule has 32 heavy (non-hydrogen) atoms. The van der Waals surface area contributed by atoms with Crippen molar-refractivity contribution in [2.75, 3.05) is 19.7 Å². The van der Waals surface area contributed by atoms with Gasteiger partial charge in [0.15, 0.2) is 0 Å². The number of amides is 2. The zero-order chi connectivity index (χ0) is 22.6. The number of aromatic nitrogens is 1. The molecule has 3 aromatic rings. The Morgan fingerprint density at radius 1 is 1.09 bits per heavy atom. The lowest BCUT2D eigenvalue weighted by Crippen LogP contribution is -2.42. The van der Waals surface area contributed by atoms with Crippen molar-refractivity contribution >= 4 is 11.8 Å². The van der Waals surface area contributed by atoms with E-state index in [1.807, 2.05) is 61.7 Å². The summed E-state index contributed by atoms with van der Waals surface area (Å²) in [4.78, 5) is 31.9. The van der Waals surface area contributed by atoms with Gasteiger partial charge >= 0.3 is 0 Å². The lowest BCUT2D eigenvalue weighted by atomic mass is 9.78. The number of pyridine rings is 1. The predicted molar refractivity (Wildman–Crippen MR) is 123 cm³/mol. The highest BCUT2D eigenvalue weighted by Crippen LogP contribution is 2.38. The molecule has 0 bridgehead atoms. The van der Waals surface area contributed by atoms with Crippen LogP contribution in [0.2, 0.25) is 0 Å². The highest BCUT2D eigenvalue weighted by molar-refractivity contribution is 5.98. The van der Waals surface area contributed by atoms with Crippen molar-refractivity contribution in [2.24, 2.45) is 11.1 Å². The molecule has 164 valence electrons. The van der Waals surface area contributed by atoms with Gasteiger partial charge in [-0.1, -0.05) is 42.5 Å². The second-order valence-electron chi connectivity index (χ2n) is 8.13. The lowest BCUT2D eigenvalue weighted by molar-refractivity contribution is -0.126. The van der Waals surface area contributed by atoms with Gasteiger partial charge in [-0.2, -0.15) is 0 Å². The fourth-order valence-electron chi connectivity index (χ4n) is 4.42. The molecule has 0 saturated carbocycles. The maximum absolute atomic E-state index is 13.3. The van der Waals surface area contributed by atoms with Crippen molar-refractivity contribution in [3.05, 3.63) is 84.2 Å². The van der Waals surface area contributed by atoms with Crippen LogP contribution in [0.5, 0.6) is 5.75 Å². The molecule has 1 fully saturated rings. The van der Waals surface area contributed by atoms with Crippen LogP contribution in [0.25, 0.3) is 11.1 Å². The first-order valence-electron chi connectivity index (χ1n) is 10.8. The summed E-state index contributed by atoms with van der Waals surface area (Å²) in [6, 6.07) is 19.1. The Labute approximate surface area is 188 Å². The number of benzene rings is 2. The van der Waals surface area contributed by atoms with Crippen molar-refractivity contribution in [1.29, 1.82) is 0 Å². The van der Waals surface area contributed by atoms with Crippen LogP contribution in [0.4, 0.5) is 0 Å². The number of carbonyl (C=O) groups excluding carboxylic acids is 2. The third-order valence-corrected chi connectivity index (χ3v) is 6.10. The Bertz CT molecular complexity index is 1120. The molecule has 0 radical (unpaired) electrons. The van der Waals surface area contributed by atoms with Gasteiger partial charge in [0.25, 0.3) is 5.91 Å². The largest absolute Gasteiger partial charge is 0.493 e.